The predicted molar refractivity (Wildman–Crippen MR) is 76.1 cm³/mol. The van der Waals surface area contributed by atoms with E-state index in [4.69, 9.17) is 4.74 Å². The van der Waals surface area contributed by atoms with Crippen molar-refractivity contribution in [2.45, 2.75) is 33.2 Å². The van der Waals surface area contributed by atoms with Crippen molar-refractivity contribution in [1.82, 2.24) is 4.98 Å². The maximum atomic E-state index is 5.37. The lowest BCUT2D eigenvalue weighted by Crippen LogP contribution is -2.17. The van der Waals surface area contributed by atoms with Gasteiger partial charge in [-0.2, -0.15) is 16.7 Å². The summed E-state index contributed by atoms with van der Waals surface area (Å²) in [5.41, 5.74) is 0. The quantitative estimate of drug-likeness (QED) is 0.721. The van der Waals surface area contributed by atoms with Crippen LogP contribution < -0.4 is 10.1 Å². The highest BCUT2D eigenvalue weighted by Gasteiger charge is 2.03. The lowest BCUT2D eigenvalue weighted by Gasteiger charge is -2.14. The molecule has 0 aliphatic rings. The number of thioether (sulfide) groups is 1. The minimum Gasteiger partial charge on any atom is -0.478 e. The molecule has 1 N–H and O–H groups in total. The van der Waals surface area contributed by atoms with Crippen molar-refractivity contribution in [3.05, 3.63) is 18.2 Å². The van der Waals surface area contributed by atoms with Gasteiger partial charge in [0.25, 0.3) is 0 Å². The van der Waals surface area contributed by atoms with Gasteiger partial charge in [-0.25, -0.2) is 0 Å². The second-order valence-corrected chi connectivity index (χ2v) is 5.22. The van der Waals surface area contributed by atoms with Crippen molar-refractivity contribution in [3.8, 4) is 5.88 Å². The molecule has 0 saturated carbocycles. The molecule has 1 rings (SSSR count). The van der Waals surface area contributed by atoms with Crippen LogP contribution >= 0.6 is 11.8 Å². The Labute approximate surface area is 108 Å². The van der Waals surface area contributed by atoms with Gasteiger partial charge in [-0.1, -0.05) is 13.0 Å². The highest BCUT2D eigenvalue weighted by Crippen LogP contribution is 2.14. The summed E-state index contributed by atoms with van der Waals surface area (Å²) in [6.07, 6.45) is 1.15. The van der Waals surface area contributed by atoms with Crippen molar-refractivity contribution >= 4 is 17.6 Å². The summed E-state index contributed by atoms with van der Waals surface area (Å²) < 4.78 is 5.37. The lowest BCUT2D eigenvalue weighted by atomic mass is 10.2. The zero-order chi connectivity index (χ0) is 12.5. The summed E-state index contributed by atoms with van der Waals surface area (Å²) in [6, 6.07) is 6.27. The van der Waals surface area contributed by atoms with Gasteiger partial charge in [-0.3, -0.25) is 0 Å². The molecule has 0 aromatic carbocycles. The minimum absolute atomic E-state index is 0.443. The van der Waals surface area contributed by atoms with Gasteiger partial charge in [-0.15, -0.1) is 0 Å². The first-order chi connectivity index (χ1) is 8.26. The molecule has 96 valence electrons. The van der Waals surface area contributed by atoms with Crippen molar-refractivity contribution in [1.29, 1.82) is 0 Å². The number of rotatable bonds is 8. The predicted octanol–water partition coefficient (Wildman–Crippen LogP) is 3.42. The fourth-order valence-corrected chi connectivity index (χ4v) is 2.26. The summed E-state index contributed by atoms with van der Waals surface area (Å²) in [4.78, 5) is 4.39. The molecule has 4 heteroatoms. The maximum Gasteiger partial charge on any atom is 0.215 e. The van der Waals surface area contributed by atoms with Crippen LogP contribution in [0.2, 0.25) is 0 Å². The Balaban J connectivity index is 2.41. The Morgan fingerprint density at radius 3 is 2.94 bits per heavy atom. The van der Waals surface area contributed by atoms with Crippen molar-refractivity contribution in [2.24, 2.45) is 0 Å². The van der Waals surface area contributed by atoms with E-state index < -0.39 is 0 Å². The van der Waals surface area contributed by atoms with E-state index in [1.54, 1.807) is 0 Å². The summed E-state index contributed by atoms with van der Waals surface area (Å²) in [7, 11) is 0. The average molecular weight is 254 g/mol. The zero-order valence-corrected chi connectivity index (χ0v) is 11.7. The SMILES string of the molecule is CCOc1cccc(NC(C)CCSCC)n1. The number of ether oxygens (including phenoxy) is 1. The Hall–Kier alpha value is -0.900. The van der Waals surface area contributed by atoms with E-state index in [-0.39, 0.29) is 0 Å². The lowest BCUT2D eigenvalue weighted by molar-refractivity contribution is 0.327. The molecule has 0 amide bonds. The maximum absolute atomic E-state index is 5.37. The third-order valence-electron chi connectivity index (χ3n) is 2.31. The number of nitrogens with one attached hydrogen (secondary N) is 1. The average Bonchev–Trinajstić information content (AvgIpc) is 2.30. The van der Waals surface area contributed by atoms with Crippen LogP contribution in [0.25, 0.3) is 0 Å². The van der Waals surface area contributed by atoms with Crippen molar-refractivity contribution in [2.75, 3.05) is 23.4 Å². The number of hydrogen-bond acceptors (Lipinski definition) is 4. The smallest absolute Gasteiger partial charge is 0.215 e. The van der Waals surface area contributed by atoms with Crippen molar-refractivity contribution in [3.63, 3.8) is 0 Å². The minimum atomic E-state index is 0.443. The highest BCUT2D eigenvalue weighted by molar-refractivity contribution is 7.99. The van der Waals surface area contributed by atoms with Crippen LogP contribution in [0.3, 0.4) is 0 Å². The Kier molecular flexibility index (Phi) is 6.86. The number of aromatic nitrogens is 1. The standard InChI is InChI=1S/C13H22N2OS/c1-4-16-13-8-6-7-12(15-13)14-11(3)9-10-17-5-2/h6-8,11H,4-5,9-10H2,1-3H3,(H,14,15). The summed E-state index contributed by atoms with van der Waals surface area (Å²) >= 11 is 1.97. The first-order valence-electron chi connectivity index (χ1n) is 6.20. The van der Waals surface area contributed by atoms with Crippen LogP contribution in [-0.4, -0.2) is 29.1 Å². The number of nitrogens with zero attached hydrogens (tertiary/aromatic N) is 1. The Bertz CT molecular complexity index is 320. The molecular weight excluding hydrogens is 232 g/mol. The highest BCUT2D eigenvalue weighted by atomic mass is 32.2. The fourth-order valence-electron chi connectivity index (χ4n) is 1.45. The molecule has 17 heavy (non-hydrogen) atoms. The summed E-state index contributed by atoms with van der Waals surface area (Å²) in [6.45, 7) is 6.99. The summed E-state index contributed by atoms with van der Waals surface area (Å²) in [5, 5.41) is 3.40. The molecule has 0 fully saturated rings. The normalized spacial score (nSPS) is 12.2. The van der Waals surface area contributed by atoms with Gasteiger partial charge in [0.15, 0.2) is 0 Å². The van der Waals surface area contributed by atoms with Crippen molar-refractivity contribution < 1.29 is 4.74 Å². The molecule has 0 aliphatic heterocycles. The Morgan fingerprint density at radius 2 is 2.24 bits per heavy atom. The van der Waals surface area contributed by atoms with E-state index in [2.05, 4.69) is 24.1 Å². The first kappa shape index (κ1) is 14.2. The van der Waals surface area contributed by atoms with E-state index in [1.165, 1.54) is 11.5 Å². The van der Waals surface area contributed by atoms with Crippen LogP contribution in [0, 0.1) is 0 Å². The van der Waals surface area contributed by atoms with Gasteiger partial charge in [0.1, 0.15) is 5.82 Å². The third-order valence-corrected chi connectivity index (χ3v) is 3.24. The van der Waals surface area contributed by atoms with Crippen LogP contribution in [0.15, 0.2) is 18.2 Å². The van der Waals surface area contributed by atoms with Gasteiger partial charge >= 0.3 is 0 Å². The zero-order valence-electron chi connectivity index (χ0n) is 10.9. The fraction of sp³-hybridized carbons (Fsp3) is 0.615. The molecule has 1 unspecified atom stereocenters. The van der Waals surface area contributed by atoms with E-state index >= 15 is 0 Å². The largest absolute Gasteiger partial charge is 0.478 e. The van der Waals surface area contributed by atoms with Crippen LogP contribution in [-0.2, 0) is 0 Å². The topological polar surface area (TPSA) is 34.1 Å². The van der Waals surface area contributed by atoms with Gasteiger partial charge in [-0.05, 0) is 37.8 Å². The molecule has 0 bridgehead atoms. The molecule has 1 heterocycles. The number of pyridine rings is 1. The third kappa shape index (κ3) is 5.82. The number of hydrogen-bond donors (Lipinski definition) is 1. The first-order valence-corrected chi connectivity index (χ1v) is 7.35. The van der Waals surface area contributed by atoms with Gasteiger partial charge < -0.3 is 10.1 Å². The van der Waals surface area contributed by atoms with Gasteiger partial charge in [0.05, 0.1) is 6.61 Å². The van der Waals surface area contributed by atoms with E-state index in [9.17, 15) is 0 Å². The molecule has 0 radical (unpaired) electrons. The molecular formula is C13H22N2OS. The molecule has 0 aliphatic carbocycles. The van der Waals surface area contributed by atoms with Crippen LogP contribution in [0.5, 0.6) is 5.88 Å². The molecule has 1 aromatic heterocycles. The molecule has 1 aromatic rings. The van der Waals surface area contributed by atoms with Crippen LogP contribution in [0.4, 0.5) is 5.82 Å². The molecule has 0 saturated heterocycles. The van der Waals surface area contributed by atoms with Gasteiger partial charge in [0.2, 0.25) is 5.88 Å². The van der Waals surface area contributed by atoms with Crippen LogP contribution in [0.1, 0.15) is 27.2 Å². The van der Waals surface area contributed by atoms with Gasteiger partial charge in [0, 0.05) is 12.1 Å². The van der Waals surface area contributed by atoms with E-state index in [1.807, 2.05) is 36.9 Å². The molecule has 1 atom stereocenters. The molecule has 3 nitrogen and oxygen atoms in total. The molecule has 0 spiro atoms. The monoisotopic (exact) mass is 254 g/mol. The second-order valence-electron chi connectivity index (χ2n) is 3.83. The number of anilines is 1. The van der Waals surface area contributed by atoms with E-state index in [0.29, 0.717) is 18.5 Å². The second kappa shape index (κ2) is 8.23. The summed E-state index contributed by atoms with van der Waals surface area (Å²) in [5.74, 6) is 3.96. The Morgan fingerprint density at radius 1 is 1.41 bits per heavy atom. The van der Waals surface area contributed by atoms with E-state index in [0.717, 1.165) is 12.2 Å².